The lowest BCUT2D eigenvalue weighted by Gasteiger charge is -2.39. The monoisotopic (exact) mass is 502 g/mol. The summed E-state index contributed by atoms with van der Waals surface area (Å²) in [4.78, 5) is 34.7. The highest BCUT2D eigenvalue weighted by molar-refractivity contribution is 5.90. The molecule has 1 aliphatic heterocycles. The Hall–Kier alpha value is -3.97. The Balaban J connectivity index is 1.58. The van der Waals surface area contributed by atoms with Crippen molar-refractivity contribution in [2.24, 2.45) is 0 Å². The molecule has 0 unspecified atom stereocenters. The zero-order chi connectivity index (χ0) is 26.0. The van der Waals surface area contributed by atoms with Gasteiger partial charge in [-0.15, -0.1) is 0 Å². The van der Waals surface area contributed by atoms with E-state index in [2.05, 4.69) is 0 Å². The summed E-state index contributed by atoms with van der Waals surface area (Å²) in [7, 11) is 0. The largest absolute Gasteiger partial charge is 0.507 e. The van der Waals surface area contributed by atoms with Crippen LogP contribution in [0.3, 0.4) is 0 Å². The number of aromatic hydroxyl groups is 1. The molecule has 5 atom stereocenters. The molecular weight excluding hydrogens is 480 g/mol. The lowest BCUT2D eigenvalue weighted by atomic mass is 9.99. The van der Waals surface area contributed by atoms with Gasteiger partial charge in [-0.25, -0.2) is 0 Å². The van der Waals surface area contributed by atoms with E-state index >= 15 is 0 Å². The molecule has 1 aliphatic rings. The molecule has 2 heterocycles. The minimum atomic E-state index is -1.77. The first-order chi connectivity index (χ1) is 17.1. The van der Waals surface area contributed by atoms with Gasteiger partial charge in [-0.2, -0.15) is 0 Å². The van der Waals surface area contributed by atoms with E-state index in [1.54, 1.807) is 30.3 Å². The Labute approximate surface area is 202 Å². The molecule has 36 heavy (non-hydrogen) atoms. The van der Waals surface area contributed by atoms with E-state index in [1.165, 1.54) is 12.1 Å². The van der Waals surface area contributed by atoms with Gasteiger partial charge in [0, 0.05) is 23.8 Å². The Kier molecular flexibility index (Phi) is 7.22. The Bertz CT molecular complexity index is 1320. The number of carboxylic acid groups (broad SMARTS) is 1. The standard InChI is InChI=1S/C24H22O12/c25-13-6-12(7-16-20(13)14(26)8-15(35-16)11-4-2-1-3-5-11)34-24-23(32)22(31)21(30)17(36-24)10-33-19(29)9-18(27)28/h1-8,17,21-25,30-32H,9-10H2,(H,27,28)/t17-,21-,22+,23-,24-/m1/s1. The van der Waals surface area contributed by atoms with E-state index in [0.29, 0.717) is 5.56 Å². The van der Waals surface area contributed by atoms with E-state index in [1.807, 2.05) is 0 Å². The van der Waals surface area contributed by atoms with E-state index in [9.17, 15) is 34.8 Å². The third-order valence-electron chi connectivity index (χ3n) is 5.47. The molecule has 12 heteroatoms. The maximum atomic E-state index is 12.6. The number of esters is 1. The number of carboxylic acids is 1. The number of phenolic OH excluding ortho intramolecular Hbond substituents is 1. The molecule has 0 saturated carbocycles. The molecule has 0 bridgehead atoms. The smallest absolute Gasteiger partial charge is 0.317 e. The molecule has 1 fully saturated rings. The van der Waals surface area contributed by atoms with Crippen molar-refractivity contribution in [1.82, 2.24) is 0 Å². The normalized spacial score (nSPS) is 23.8. The van der Waals surface area contributed by atoms with Crippen LogP contribution in [0.4, 0.5) is 0 Å². The van der Waals surface area contributed by atoms with Crippen molar-refractivity contribution in [1.29, 1.82) is 0 Å². The molecule has 0 spiro atoms. The van der Waals surface area contributed by atoms with Crippen LogP contribution in [0.2, 0.25) is 0 Å². The second-order valence-electron chi connectivity index (χ2n) is 8.04. The van der Waals surface area contributed by atoms with Crippen molar-refractivity contribution >= 4 is 22.9 Å². The van der Waals surface area contributed by atoms with Gasteiger partial charge >= 0.3 is 11.9 Å². The van der Waals surface area contributed by atoms with Crippen LogP contribution in [0.5, 0.6) is 11.5 Å². The Morgan fingerprint density at radius 2 is 1.69 bits per heavy atom. The first-order valence-electron chi connectivity index (χ1n) is 10.7. The second-order valence-corrected chi connectivity index (χ2v) is 8.04. The van der Waals surface area contributed by atoms with Crippen molar-refractivity contribution in [2.75, 3.05) is 6.61 Å². The molecule has 0 radical (unpaired) electrons. The molecule has 0 amide bonds. The summed E-state index contributed by atoms with van der Waals surface area (Å²) in [5.41, 5.74) is 0.0852. The van der Waals surface area contributed by atoms with Crippen molar-refractivity contribution < 1.29 is 53.7 Å². The van der Waals surface area contributed by atoms with E-state index in [0.717, 1.165) is 6.07 Å². The highest BCUT2D eigenvalue weighted by atomic mass is 16.7. The third-order valence-corrected chi connectivity index (χ3v) is 5.47. The highest BCUT2D eigenvalue weighted by Crippen LogP contribution is 2.33. The van der Waals surface area contributed by atoms with Gasteiger partial charge in [-0.3, -0.25) is 14.4 Å². The molecule has 190 valence electrons. The van der Waals surface area contributed by atoms with Crippen molar-refractivity contribution in [2.45, 2.75) is 37.1 Å². The van der Waals surface area contributed by atoms with E-state index < -0.39 is 66.9 Å². The van der Waals surface area contributed by atoms with Crippen molar-refractivity contribution in [3.05, 3.63) is 58.8 Å². The first kappa shape index (κ1) is 25.1. The van der Waals surface area contributed by atoms with Crippen LogP contribution < -0.4 is 10.2 Å². The molecule has 2 aromatic carbocycles. The number of carbonyl (C=O) groups excluding carboxylic acids is 1. The molecule has 12 nitrogen and oxygen atoms in total. The second kappa shape index (κ2) is 10.3. The van der Waals surface area contributed by atoms with Crippen molar-refractivity contribution in [3.8, 4) is 22.8 Å². The Morgan fingerprint density at radius 1 is 0.972 bits per heavy atom. The van der Waals surface area contributed by atoms with Gasteiger partial charge in [0.25, 0.3) is 0 Å². The van der Waals surface area contributed by atoms with Crippen LogP contribution >= 0.6 is 0 Å². The van der Waals surface area contributed by atoms with Crippen LogP contribution in [0.15, 0.2) is 57.7 Å². The maximum absolute atomic E-state index is 12.6. The zero-order valence-corrected chi connectivity index (χ0v) is 18.5. The number of ether oxygens (including phenoxy) is 3. The predicted octanol–water partition coefficient (Wildman–Crippen LogP) is 0.370. The average molecular weight is 502 g/mol. The van der Waals surface area contributed by atoms with Crippen LogP contribution in [0.1, 0.15) is 6.42 Å². The maximum Gasteiger partial charge on any atom is 0.317 e. The lowest BCUT2D eigenvalue weighted by Crippen LogP contribution is -2.60. The number of fused-ring (bicyclic) bond motifs is 1. The van der Waals surface area contributed by atoms with Crippen LogP contribution in [0.25, 0.3) is 22.3 Å². The van der Waals surface area contributed by atoms with E-state index in [4.69, 9.17) is 23.7 Å². The lowest BCUT2D eigenvalue weighted by molar-refractivity contribution is -0.278. The molecule has 3 aromatic rings. The average Bonchev–Trinajstić information content (AvgIpc) is 2.83. The quantitative estimate of drug-likeness (QED) is 0.220. The number of benzene rings is 2. The SMILES string of the molecule is O=C(O)CC(=O)OC[C@H]1O[C@@H](Oc2cc(O)c3c(=O)cc(-c4ccccc4)oc3c2)[C@H](O)[C@@H](O)[C@@H]1O. The number of phenols is 1. The molecule has 1 saturated heterocycles. The minimum Gasteiger partial charge on any atom is -0.507 e. The summed E-state index contributed by atoms with van der Waals surface area (Å²) in [5.74, 6) is -2.86. The van der Waals surface area contributed by atoms with Gasteiger partial charge in [-0.1, -0.05) is 30.3 Å². The topological polar surface area (TPSA) is 193 Å². The van der Waals surface area contributed by atoms with Gasteiger partial charge < -0.3 is 44.2 Å². The molecule has 5 N–H and O–H groups in total. The minimum absolute atomic E-state index is 0.0265. The molecule has 4 rings (SSSR count). The van der Waals surface area contributed by atoms with Crippen LogP contribution in [0, 0.1) is 0 Å². The number of hydrogen-bond donors (Lipinski definition) is 5. The first-order valence-corrected chi connectivity index (χ1v) is 10.7. The van der Waals surface area contributed by atoms with Gasteiger partial charge in [0.1, 0.15) is 65.7 Å². The van der Waals surface area contributed by atoms with Gasteiger partial charge in [0.15, 0.2) is 5.43 Å². The number of rotatable bonds is 7. The number of aliphatic hydroxyl groups is 3. The number of carbonyl (C=O) groups is 2. The highest BCUT2D eigenvalue weighted by Gasteiger charge is 2.45. The Morgan fingerprint density at radius 3 is 2.39 bits per heavy atom. The summed E-state index contributed by atoms with van der Waals surface area (Å²) in [6.07, 6.45) is -9.11. The summed E-state index contributed by atoms with van der Waals surface area (Å²) >= 11 is 0. The van der Waals surface area contributed by atoms with Gasteiger partial charge in [-0.05, 0) is 0 Å². The van der Waals surface area contributed by atoms with Crippen LogP contribution in [-0.2, 0) is 19.1 Å². The number of aliphatic hydroxyl groups excluding tert-OH is 3. The van der Waals surface area contributed by atoms with E-state index in [-0.39, 0.29) is 22.5 Å². The number of hydrogen-bond acceptors (Lipinski definition) is 11. The fraction of sp³-hybridized carbons (Fsp3) is 0.292. The van der Waals surface area contributed by atoms with Gasteiger partial charge in [0.05, 0.1) is 0 Å². The third kappa shape index (κ3) is 5.31. The fourth-order valence-corrected chi connectivity index (χ4v) is 3.69. The summed E-state index contributed by atoms with van der Waals surface area (Å²) in [5, 5.41) is 49.6. The van der Waals surface area contributed by atoms with Crippen LogP contribution in [-0.4, -0.2) is 74.8 Å². The van der Waals surface area contributed by atoms with Crippen molar-refractivity contribution in [3.63, 3.8) is 0 Å². The molecule has 1 aromatic heterocycles. The summed E-state index contributed by atoms with van der Waals surface area (Å²) in [6, 6.07) is 12.4. The summed E-state index contributed by atoms with van der Waals surface area (Å²) in [6.45, 7) is -0.630. The fourth-order valence-electron chi connectivity index (χ4n) is 3.69. The molecular formula is C24H22O12. The molecule has 0 aliphatic carbocycles. The van der Waals surface area contributed by atoms with Gasteiger partial charge in [0.2, 0.25) is 6.29 Å². The summed E-state index contributed by atoms with van der Waals surface area (Å²) < 4.78 is 21.5. The zero-order valence-electron chi connectivity index (χ0n) is 18.5. The number of aliphatic carboxylic acids is 1. The predicted molar refractivity (Wildman–Crippen MR) is 120 cm³/mol.